The first-order valence-corrected chi connectivity index (χ1v) is 8.01. The third kappa shape index (κ3) is 4.58. The number of anilines is 1. The Bertz CT molecular complexity index is 771. The monoisotopic (exact) mass is 325 g/mol. The standard InChI is InChI=1S/C15H13ClFNO2S/c1-11-2-7-14(17)10-15(11)18-21(19,20)9-8-12-3-5-13(16)6-4-12/h2-10,18H,1H3/b9-8+. The Hall–Kier alpha value is -1.85. The maximum absolute atomic E-state index is 13.1. The molecule has 3 nitrogen and oxygen atoms in total. The molecule has 0 amide bonds. The molecule has 0 saturated heterocycles. The molecule has 6 heteroatoms. The third-order valence-corrected chi connectivity index (χ3v) is 4.01. The molecular weight excluding hydrogens is 313 g/mol. The SMILES string of the molecule is Cc1ccc(F)cc1NS(=O)(=O)/C=C/c1ccc(Cl)cc1. The molecule has 2 aromatic rings. The van der Waals surface area contributed by atoms with Gasteiger partial charge in [0.1, 0.15) is 5.82 Å². The summed E-state index contributed by atoms with van der Waals surface area (Å²) in [4.78, 5) is 0. The molecule has 0 heterocycles. The predicted molar refractivity (Wildman–Crippen MR) is 84.2 cm³/mol. The molecule has 0 aromatic heterocycles. The molecule has 0 radical (unpaired) electrons. The van der Waals surface area contributed by atoms with Crippen molar-refractivity contribution in [2.45, 2.75) is 6.92 Å². The maximum atomic E-state index is 13.1. The number of benzene rings is 2. The molecule has 2 rings (SSSR count). The van der Waals surface area contributed by atoms with Crippen LogP contribution in [0.5, 0.6) is 0 Å². The molecule has 0 atom stereocenters. The van der Waals surface area contributed by atoms with E-state index in [1.165, 1.54) is 18.2 Å². The van der Waals surface area contributed by atoms with Gasteiger partial charge in [0, 0.05) is 5.02 Å². The lowest BCUT2D eigenvalue weighted by Crippen LogP contribution is -2.10. The molecule has 2 aromatic carbocycles. The van der Waals surface area contributed by atoms with Gasteiger partial charge in [0.05, 0.1) is 11.1 Å². The summed E-state index contributed by atoms with van der Waals surface area (Å²) in [5.41, 5.74) is 1.55. The van der Waals surface area contributed by atoms with Gasteiger partial charge in [0.25, 0.3) is 10.0 Å². The van der Waals surface area contributed by atoms with Crippen molar-refractivity contribution >= 4 is 33.4 Å². The van der Waals surface area contributed by atoms with Crippen LogP contribution in [0.4, 0.5) is 10.1 Å². The molecule has 0 aliphatic heterocycles. The van der Waals surface area contributed by atoms with E-state index in [9.17, 15) is 12.8 Å². The van der Waals surface area contributed by atoms with Gasteiger partial charge < -0.3 is 0 Å². The average molecular weight is 326 g/mol. The Morgan fingerprint density at radius 3 is 2.48 bits per heavy atom. The van der Waals surface area contributed by atoms with Crippen LogP contribution in [0.25, 0.3) is 6.08 Å². The van der Waals surface area contributed by atoms with Crippen LogP contribution in [0.1, 0.15) is 11.1 Å². The minimum Gasteiger partial charge on any atom is -0.280 e. The molecule has 21 heavy (non-hydrogen) atoms. The van der Waals surface area contributed by atoms with Gasteiger partial charge in [-0.25, -0.2) is 12.8 Å². The summed E-state index contributed by atoms with van der Waals surface area (Å²) in [6.45, 7) is 1.69. The van der Waals surface area contributed by atoms with Crippen LogP contribution in [-0.2, 0) is 10.0 Å². The summed E-state index contributed by atoms with van der Waals surface area (Å²) in [5, 5.41) is 1.60. The van der Waals surface area contributed by atoms with E-state index in [0.29, 0.717) is 16.1 Å². The zero-order chi connectivity index (χ0) is 15.5. The van der Waals surface area contributed by atoms with Crippen molar-refractivity contribution in [1.29, 1.82) is 0 Å². The van der Waals surface area contributed by atoms with Crippen molar-refractivity contribution in [2.24, 2.45) is 0 Å². The van der Waals surface area contributed by atoms with Gasteiger partial charge in [0.15, 0.2) is 0 Å². The molecule has 0 aliphatic rings. The highest BCUT2D eigenvalue weighted by atomic mass is 35.5. The highest BCUT2D eigenvalue weighted by Crippen LogP contribution is 2.18. The normalized spacial score (nSPS) is 11.8. The van der Waals surface area contributed by atoms with Crippen LogP contribution in [0, 0.1) is 12.7 Å². The van der Waals surface area contributed by atoms with E-state index >= 15 is 0 Å². The smallest absolute Gasteiger partial charge is 0.255 e. The fourth-order valence-electron chi connectivity index (χ4n) is 1.63. The number of rotatable bonds is 4. The second-order valence-corrected chi connectivity index (χ2v) is 6.46. The third-order valence-electron chi connectivity index (χ3n) is 2.76. The molecular formula is C15H13ClFNO2S. The molecule has 0 spiro atoms. The highest BCUT2D eigenvalue weighted by molar-refractivity contribution is 7.95. The molecule has 0 fully saturated rings. The van der Waals surface area contributed by atoms with Crippen molar-refractivity contribution in [3.05, 3.63) is 69.8 Å². The van der Waals surface area contributed by atoms with E-state index in [1.54, 1.807) is 31.2 Å². The number of hydrogen-bond acceptors (Lipinski definition) is 2. The second kappa shape index (κ2) is 6.28. The maximum Gasteiger partial charge on any atom is 0.255 e. The highest BCUT2D eigenvalue weighted by Gasteiger charge is 2.08. The van der Waals surface area contributed by atoms with E-state index in [2.05, 4.69) is 4.72 Å². The van der Waals surface area contributed by atoms with Gasteiger partial charge in [-0.3, -0.25) is 4.72 Å². The fourth-order valence-corrected chi connectivity index (χ4v) is 2.69. The molecule has 0 unspecified atom stereocenters. The molecule has 1 N–H and O–H groups in total. The van der Waals surface area contributed by atoms with E-state index < -0.39 is 15.8 Å². The van der Waals surface area contributed by atoms with Crippen LogP contribution >= 0.6 is 11.6 Å². The first-order valence-electron chi connectivity index (χ1n) is 6.08. The van der Waals surface area contributed by atoms with E-state index in [0.717, 1.165) is 11.5 Å². The van der Waals surface area contributed by atoms with Crippen molar-refractivity contribution < 1.29 is 12.8 Å². The molecule has 0 saturated carbocycles. The van der Waals surface area contributed by atoms with Crippen LogP contribution in [0.15, 0.2) is 47.9 Å². The van der Waals surface area contributed by atoms with Crippen LogP contribution in [-0.4, -0.2) is 8.42 Å². The topological polar surface area (TPSA) is 46.2 Å². The van der Waals surface area contributed by atoms with Crippen LogP contribution < -0.4 is 4.72 Å². The number of hydrogen-bond donors (Lipinski definition) is 1. The molecule has 0 bridgehead atoms. The largest absolute Gasteiger partial charge is 0.280 e. The van der Waals surface area contributed by atoms with Crippen molar-refractivity contribution in [3.63, 3.8) is 0 Å². The minimum absolute atomic E-state index is 0.218. The summed E-state index contributed by atoms with van der Waals surface area (Å²) >= 11 is 5.75. The number of nitrogens with one attached hydrogen (secondary N) is 1. The average Bonchev–Trinajstić information content (AvgIpc) is 2.42. The van der Waals surface area contributed by atoms with Gasteiger partial charge >= 0.3 is 0 Å². The Kier molecular flexibility index (Phi) is 4.65. The zero-order valence-corrected chi connectivity index (χ0v) is 12.7. The summed E-state index contributed by atoms with van der Waals surface area (Å²) in [7, 11) is -3.71. The summed E-state index contributed by atoms with van der Waals surface area (Å²) in [6.07, 6.45) is 1.44. The van der Waals surface area contributed by atoms with Gasteiger partial charge in [0.2, 0.25) is 0 Å². The second-order valence-electron chi connectivity index (χ2n) is 4.46. The first-order chi connectivity index (χ1) is 9.85. The lowest BCUT2D eigenvalue weighted by Gasteiger charge is -2.07. The number of sulfonamides is 1. The van der Waals surface area contributed by atoms with Gasteiger partial charge in [-0.1, -0.05) is 29.8 Å². The van der Waals surface area contributed by atoms with Gasteiger partial charge in [-0.2, -0.15) is 0 Å². The van der Waals surface area contributed by atoms with Crippen LogP contribution in [0.3, 0.4) is 0 Å². The molecule has 0 aliphatic carbocycles. The van der Waals surface area contributed by atoms with E-state index in [1.807, 2.05) is 0 Å². The zero-order valence-electron chi connectivity index (χ0n) is 11.2. The van der Waals surface area contributed by atoms with Crippen molar-refractivity contribution in [1.82, 2.24) is 0 Å². The van der Waals surface area contributed by atoms with Gasteiger partial charge in [-0.15, -0.1) is 0 Å². The minimum atomic E-state index is -3.71. The van der Waals surface area contributed by atoms with E-state index in [4.69, 9.17) is 11.6 Å². The number of aryl methyl sites for hydroxylation is 1. The summed E-state index contributed by atoms with van der Waals surface area (Å²) in [5.74, 6) is -0.500. The quantitative estimate of drug-likeness (QED) is 0.915. The Morgan fingerprint density at radius 2 is 1.81 bits per heavy atom. The van der Waals surface area contributed by atoms with Crippen molar-refractivity contribution in [3.8, 4) is 0 Å². The van der Waals surface area contributed by atoms with Crippen LogP contribution in [0.2, 0.25) is 5.02 Å². The fraction of sp³-hybridized carbons (Fsp3) is 0.0667. The summed E-state index contributed by atoms with van der Waals surface area (Å²) in [6, 6.07) is 10.6. The Labute approximate surface area is 128 Å². The van der Waals surface area contributed by atoms with Gasteiger partial charge in [-0.05, 0) is 48.4 Å². The number of halogens is 2. The lowest BCUT2D eigenvalue weighted by atomic mass is 10.2. The Balaban J connectivity index is 2.18. The lowest BCUT2D eigenvalue weighted by molar-refractivity contribution is 0.609. The Morgan fingerprint density at radius 1 is 1.14 bits per heavy atom. The van der Waals surface area contributed by atoms with E-state index in [-0.39, 0.29) is 5.69 Å². The molecule has 110 valence electrons. The first kappa shape index (κ1) is 15.5. The predicted octanol–water partition coefficient (Wildman–Crippen LogP) is 4.20. The van der Waals surface area contributed by atoms with Crippen molar-refractivity contribution in [2.75, 3.05) is 4.72 Å². The summed E-state index contributed by atoms with van der Waals surface area (Å²) < 4.78 is 39.4.